The lowest BCUT2D eigenvalue weighted by molar-refractivity contribution is -0.133. The number of ether oxygens (including phenoxy) is 1. The fraction of sp³-hybridized carbons (Fsp3) is 0.250. The van der Waals surface area contributed by atoms with Crippen LogP contribution in [-0.2, 0) is 9.59 Å². The molecule has 4 rings (SSSR count). The maximum absolute atomic E-state index is 12.6. The van der Waals surface area contributed by atoms with Crippen molar-refractivity contribution in [1.82, 2.24) is 15.1 Å². The van der Waals surface area contributed by atoms with Crippen LogP contribution in [0.5, 0.6) is 5.75 Å². The Balaban J connectivity index is 1.27. The molecule has 0 saturated carbocycles. The second kappa shape index (κ2) is 9.91. The summed E-state index contributed by atoms with van der Waals surface area (Å²) in [4.78, 5) is 27.7. The highest BCUT2D eigenvalue weighted by molar-refractivity contribution is 5.88. The van der Waals surface area contributed by atoms with Crippen molar-refractivity contribution in [2.45, 2.75) is 6.92 Å². The first kappa shape index (κ1) is 21.3. The molecule has 32 heavy (non-hydrogen) atoms. The fourth-order valence-electron chi connectivity index (χ4n) is 3.54. The van der Waals surface area contributed by atoms with Crippen molar-refractivity contribution in [3.63, 3.8) is 0 Å². The van der Waals surface area contributed by atoms with E-state index in [9.17, 15) is 9.59 Å². The molecular formula is C24H25N5O3. The molecule has 1 N–H and O–H groups in total. The molecule has 164 valence electrons. The Labute approximate surface area is 186 Å². The zero-order chi connectivity index (χ0) is 22.3. The first-order valence-corrected chi connectivity index (χ1v) is 10.5. The zero-order valence-corrected chi connectivity index (χ0v) is 17.9. The van der Waals surface area contributed by atoms with Crippen LogP contribution in [0.1, 0.15) is 6.92 Å². The third-order valence-corrected chi connectivity index (χ3v) is 5.19. The molecule has 0 bridgehead atoms. The van der Waals surface area contributed by atoms with Crippen molar-refractivity contribution >= 4 is 23.3 Å². The number of hydrogen-bond acceptors (Lipinski definition) is 6. The monoisotopic (exact) mass is 431 g/mol. The number of carbonyl (C=O) groups is 2. The van der Waals surface area contributed by atoms with Crippen LogP contribution in [0.15, 0.2) is 66.7 Å². The molecule has 1 saturated heterocycles. The summed E-state index contributed by atoms with van der Waals surface area (Å²) in [6, 6.07) is 20.9. The largest absolute Gasteiger partial charge is 0.484 e. The van der Waals surface area contributed by atoms with Gasteiger partial charge in [0.15, 0.2) is 12.4 Å². The quantitative estimate of drug-likeness (QED) is 0.646. The summed E-state index contributed by atoms with van der Waals surface area (Å²) >= 11 is 0. The normalized spacial score (nSPS) is 13.5. The number of rotatable bonds is 6. The van der Waals surface area contributed by atoms with Gasteiger partial charge in [0, 0.05) is 50.4 Å². The van der Waals surface area contributed by atoms with E-state index in [1.165, 1.54) is 6.92 Å². The standard InChI is InChI=1S/C24H25N5O3/c1-18(30)25-20-8-5-9-21(16-20)32-17-24(31)29-14-12-28(13-15-29)23-11-10-22(26-27-23)19-6-3-2-4-7-19/h2-11,16H,12-15,17H2,1H3,(H,25,30). The topological polar surface area (TPSA) is 87.7 Å². The summed E-state index contributed by atoms with van der Waals surface area (Å²) in [5.74, 6) is 1.12. The van der Waals surface area contributed by atoms with Gasteiger partial charge >= 0.3 is 0 Å². The molecule has 2 amide bonds. The third kappa shape index (κ3) is 5.40. The summed E-state index contributed by atoms with van der Waals surface area (Å²) in [7, 11) is 0. The summed E-state index contributed by atoms with van der Waals surface area (Å²) in [5.41, 5.74) is 2.50. The number of hydrogen-bond donors (Lipinski definition) is 1. The smallest absolute Gasteiger partial charge is 0.260 e. The van der Waals surface area contributed by atoms with Crippen molar-refractivity contribution in [3.8, 4) is 17.0 Å². The van der Waals surface area contributed by atoms with Gasteiger partial charge in [-0.15, -0.1) is 10.2 Å². The minimum atomic E-state index is -0.157. The number of benzene rings is 2. The Morgan fingerprint density at radius 3 is 2.41 bits per heavy atom. The van der Waals surface area contributed by atoms with Crippen LogP contribution >= 0.6 is 0 Å². The van der Waals surface area contributed by atoms with E-state index in [1.54, 1.807) is 29.2 Å². The van der Waals surface area contributed by atoms with Crippen molar-refractivity contribution in [1.29, 1.82) is 0 Å². The van der Waals surface area contributed by atoms with Crippen LogP contribution in [0, 0.1) is 0 Å². The minimum absolute atomic E-state index is 0.0465. The minimum Gasteiger partial charge on any atom is -0.484 e. The number of carbonyl (C=O) groups excluding carboxylic acids is 2. The molecule has 2 aromatic carbocycles. The van der Waals surface area contributed by atoms with E-state index < -0.39 is 0 Å². The van der Waals surface area contributed by atoms with Crippen LogP contribution in [0.2, 0.25) is 0 Å². The molecule has 2 heterocycles. The van der Waals surface area contributed by atoms with Crippen LogP contribution in [0.25, 0.3) is 11.3 Å². The average molecular weight is 431 g/mol. The molecule has 3 aromatic rings. The highest BCUT2D eigenvalue weighted by Gasteiger charge is 2.22. The van der Waals surface area contributed by atoms with Gasteiger partial charge in [0.05, 0.1) is 5.69 Å². The molecule has 0 unspecified atom stereocenters. The molecule has 1 aromatic heterocycles. The van der Waals surface area contributed by atoms with E-state index >= 15 is 0 Å². The van der Waals surface area contributed by atoms with Gasteiger partial charge < -0.3 is 19.9 Å². The number of nitrogens with zero attached hydrogens (tertiary/aromatic N) is 4. The Morgan fingerprint density at radius 1 is 0.938 bits per heavy atom. The van der Waals surface area contributed by atoms with E-state index in [-0.39, 0.29) is 18.4 Å². The van der Waals surface area contributed by atoms with Crippen molar-refractivity contribution in [2.24, 2.45) is 0 Å². The van der Waals surface area contributed by atoms with Gasteiger partial charge in [0.25, 0.3) is 5.91 Å². The second-order valence-electron chi connectivity index (χ2n) is 7.51. The SMILES string of the molecule is CC(=O)Nc1cccc(OCC(=O)N2CCN(c3ccc(-c4ccccc4)nn3)CC2)c1. The maximum atomic E-state index is 12.6. The van der Waals surface area contributed by atoms with Gasteiger partial charge in [-0.1, -0.05) is 36.4 Å². The number of piperazine rings is 1. The second-order valence-corrected chi connectivity index (χ2v) is 7.51. The van der Waals surface area contributed by atoms with Crippen molar-refractivity contribution < 1.29 is 14.3 Å². The molecule has 8 heteroatoms. The van der Waals surface area contributed by atoms with Crippen LogP contribution in [0.4, 0.5) is 11.5 Å². The molecule has 1 aliphatic heterocycles. The fourth-order valence-corrected chi connectivity index (χ4v) is 3.54. The summed E-state index contributed by atoms with van der Waals surface area (Å²) in [5, 5.41) is 11.4. The average Bonchev–Trinajstić information content (AvgIpc) is 2.83. The van der Waals surface area contributed by atoms with Gasteiger partial charge in [0.1, 0.15) is 5.75 Å². The third-order valence-electron chi connectivity index (χ3n) is 5.19. The van der Waals surface area contributed by atoms with Crippen LogP contribution in [0.3, 0.4) is 0 Å². The highest BCUT2D eigenvalue weighted by atomic mass is 16.5. The summed E-state index contributed by atoms with van der Waals surface area (Å²) in [6.07, 6.45) is 0. The van der Waals surface area contributed by atoms with Crippen molar-refractivity contribution in [2.75, 3.05) is 43.0 Å². The van der Waals surface area contributed by atoms with E-state index in [4.69, 9.17) is 4.74 Å². The first-order chi connectivity index (χ1) is 15.6. The summed E-state index contributed by atoms with van der Waals surface area (Å²) < 4.78 is 5.63. The van der Waals surface area contributed by atoms with Gasteiger partial charge in [-0.3, -0.25) is 9.59 Å². The van der Waals surface area contributed by atoms with Crippen molar-refractivity contribution in [3.05, 3.63) is 66.7 Å². The van der Waals surface area contributed by atoms with E-state index in [1.807, 2.05) is 42.5 Å². The van der Waals surface area contributed by atoms with Crippen LogP contribution in [-0.4, -0.2) is 59.7 Å². The predicted molar refractivity (Wildman–Crippen MR) is 123 cm³/mol. The molecule has 1 aliphatic rings. The highest BCUT2D eigenvalue weighted by Crippen LogP contribution is 2.20. The van der Waals surface area contributed by atoms with Gasteiger partial charge in [-0.2, -0.15) is 0 Å². The molecule has 1 fully saturated rings. The maximum Gasteiger partial charge on any atom is 0.260 e. The Morgan fingerprint density at radius 2 is 1.72 bits per heavy atom. The Bertz CT molecular complexity index is 1060. The number of nitrogens with one attached hydrogen (secondary N) is 1. The molecule has 0 spiro atoms. The number of aromatic nitrogens is 2. The van der Waals surface area contributed by atoms with Gasteiger partial charge in [-0.05, 0) is 24.3 Å². The first-order valence-electron chi connectivity index (χ1n) is 10.5. The summed E-state index contributed by atoms with van der Waals surface area (Å²) in [6.45, 7) is 3.95. The lowest BCUT2D eigenvalue weighted by Gasteiger charge is -2.35. The lowest BCUT2D eigenvalue weighted by atomic mass is 10.1. The number of anilines is 2. The van der Waals surface area contributed by atoms with Crippen LogP contribution < -0.4 is 15.0 Å². The molecule has 0 atom stereocenters. The van der Waals surface area contributed by atoms with Gasteiger partial charge in [0.2, 0.25) is 5.91 Å². The molecular weight excluding hydrogens is 406 g/mol. The molecule has 8 nitrogen and oxygen atoms in total. The predicted octanol–water partition coefficient (Wildman–Crippen LogP) is 2.83. The van der Waals surface area contributed by atoms with E-state index in [0.29, 0.717) is 37.6 Å². The Hall–Kier alpha value is -3.94. The zero-order valence-electron chi connectivity index (χ0n) is 17.9. The molecule has 0 radical (unpaired) electrons. The van der Waals surface area contributed by atoms with E-state index in [0.717, 1.165) is 17.1 Å². The number of amides is 2. The van der Waals surface area contributed by atoms with Gasteiger partial charge in [-0.25, -0.2) is 0 Å². The Kier molecular flexibility index (Phi) is 6.60. The molecule has 0 aliphatic carbocycles. The lowest BCUT2D eigenvalue weighted by Crippen LogP contribution is -2.50. The van der Waals surface area contributed by atoms with E-state index in [2.05, 4.69) is 20.4 Å².